The molecule has 0 aromatic rings. The van der Waals surface area contributed by atoms with E-state index in [1.165, 1.54) is 0 Å². The molecule has 120 valence electrons. The molecule has 0 saturated heterocycles. The fourth-order valence-corrected chi connectivity index (χ4v) is 2.37. The van der Waals surface area contributed by atoms with E-state index < -0.39 is 54.5 Å². The molecule has 0 amide bonds. The first-order valence-corrected chi connectivity index (χ1v) is 6.69. The van der Waals surface area contributed by atoms with Crippen LogP contribution in [0.3, 0.4) is 0 Å². The standard InChI is InChI=1S/C12H17ClO8/c13-3-1-2-6(7(11(18)19)4-9(14)15)8(12(20)21)5-10(16)17/h6-8H,1-5H2,(H,14,15)(H,16,17)(H,18,19)(H,20,21). The van der Waals surface area contributed by atoms with Gasteiger partial charge in [0.25, 0.3) is 0 Å². The van der Waals surface area contributed by atoms with E-state index in [-0.39, 0.29) is 18.7 Å². The van der Waals surface area contributed by atoms with Gasteiger partial charge in [-0.15, -0.1) is 11.6 Å². The van der Waals surface area contributed by atoms with Gasteiger partial charge in [-0.25, -0.2) is 0 Å². The van der Waals surface area contributed by atoms with Gasteiger partial charge in [-0.1, -0.05) is 0 Å². The molecule has 21 heavy (non-hydrogen) atoms. The van der Waals surface area contributed by atoms with Crippen molar-refractivity contribution in [2.24, 2.45) is 17.8 Å². The zero-order valence-electron chi connectivity index (χ0n) is 11.1. The van der Waals surface area contributed by atoms with E-state index in [4.69, 9.17) is 32.0 Å². The maximum absolute atomic E-state index is 11.2. The summed E-state index contributed by atoms with van der Waals surface area (Å²) >= 11 is 5.50. The van der Waals surface area contributed by atoms with Gasteiger partial charge >= 0.3 is 23.9 Å². The summed E-state index contributed by atoms with van der Waals surface area (Å²) in [7, 11) is 0. The molecule has 0 fully saturated rings. The number of carboxylic acid groups (broad SMARTS) is 4. The van der Waals surface area contributed by atoms with E-state index in [1.807, 2.05) is 0 Å². The number of carboxylic acids is 4. The smallest absolute Gasteiger partial charge is 0.307 e. The van der Waals surface area contributed by atoms with Gasteiger partial charge in [0.2, 0.25) is 0 Å². The lowest BCUT2D eigenvalue weighted by atomic mass is 9.75. The molecule has 0 heterocycles. The number of aliphatic carboxylic acids is 4. The molecule has 2 unspecified atom stereocenters. The predicted molar refractivity (Wildman–Crippen MR) is 70.2 cm³/mol. The van der Waals surface area contributed by atoms with Crippen LogP contribution < -0.4 is 0 Å². The van der Waals surface area contributed by atoms with Crippen LogP contribution in [0.5, 0.6) is 0 Å². The molecular weight excluding hydrogens is 308 g/mol. The van der Waals surface area contributed by atoms with Gasteiger partial charge in [0.1, 0.15) is 0 Å². The predicted octanol–water partition coefficient (Wildman–Crippen LogP) is 0.973. The Labute approximate surface area is 125 Å². The molecule has 0 bridgehead atoms. The van der Waals surface area contributed by atoms with Gasteiger partial charge in [0.05, 0.1) is 24.7 Å². The SMILES string of the molecule is O=C(O)CC(C(=O)O)C(CCCCl)C(CC(=O)O)C(=O)O. The van der Waals surface area contributed by atoms with Gasteiger partial charge in [0.15, 0.2) is 0 Å². The highest BCUT2D eigenvalue weighted by Gasteiger charge is 2.39. The van der Waals surface area contributed by atoms with Crippen LogP contribution in [0.15, 0.2) is 0 Å². The van der Waals surface area contributed by atoms with Crippen LogP contribution in [0.1, 0.15) is 25.7 Å². The molecule has 0 aliphatic heterocycles. The van der Waals surface area contributed by atoms with E-state index in [0.717, 1.165) is 0 Å². The average Bonchev–Trinajstić information content (AvgIpc) is 2.34. The van der Waals surface area contributed by atoms with Crippen molar-refractivity contribution >= 4 is 35.5 Å². The fraction of sp³-hybridized carbons (Fsp3) is 0.667. The van der Waals surface area contributed by atoms with E-state index in [9.17, 15) is 19.2 Å². The minimum atomic E-state index is -1.48. The maximum atomic E-state index is 11.2. The van der Waals surface area contributed by atoms with Gasteiger partial charge in [-0.3, -0.25) is 19.2 Å². The number of rotatable bonds is 11. The van der Waals surface area contributed by atoms with Crippen molar-refractivity contribution in [3.05, 3.63) is 0 Å². The van der Waals surface area contributed by atoms with E-state index in [2.05, 4.69) is 0 Å². The number of halogens is 1. The van der Waals surface area contributed by atoms with E-state index in [0.29, 0.717) is 0 Å². The van der Waals surface area contributed by atoms with Gasteiger partial charge < -0.3 is 20.4 Å². The molecule has 0 aromatic carbocycles. The summed E-state index contributed by atoms with van der Waals surface area (Å²) in [5, 5.41) is 35.8. The normalized spacial score (nSPS) is 14.9. The van der Waals surface area contributed by atoms with Crippen LogP contribution in [-0.4, -0.2) is 50.2 Å². The van der Waals surface area contributed by atoms with Crippen molar-refractivity contribution in [2.75, 3.05) is 5.88 Å². The first-order chi connectivity index (χ1) is 9.70. The summed E-state index contributed by atoms with van der Waals surface area (Å²) < 4.78 is 0. The second-order valence-corrected chi connectivity index (χ2v) is 4.96. The van der Waals surface area contributed by atoms with Crippen molar-refractivity contribution in [3.63, 3.8) is 0 Å². The molecule has 0 aromatic heterocycles. The molecule has 0 radical (unpaired) electrons. The van der Waals surface area contributed by atoms with Crippen molar-refractivity contribution in [2.45, 2.75) is 25.7 Å². The van der Waals surface area contributed by atoms with Crippen LogP contribution in [0.25, 0.3) is 0 Å². The topological polar surface area (TPSA) is 149 Å². The van der Waals surface area contributed by atoms with Gasteiger partial charge in [-0.2, -0.15) is 0 Å². The Morgan fingerprint density at radius 2 is 1.19 bits per heavy atom. The van der Waals surface area contributed by atoms with Crippen LogP contribution in [0, 0.1) is 17.8 Å². The Hall–Kier alpha value is -1.83. The zero-order valence-corrected chi connectivity index (χ0v) is 11.8. The third-order valence-electron chi connectivity index (χ3n) is 3.13. The molecule has 0 rings (SSSR count). The monoisotopic (exact) mass is 324 g/mol. The maximum Gasteiger partial charge on any atom is 0.307 e. The second kappa shape index (κ2) is 9.17. The molecule has 4 N–H and O–H groups in total. The quantitative estimate of drug-likeness (QED) is 0.411. The number of carbonyl (C=O) groups is 4. The highest BCUT2D eigenvalue weighted by molar-refractivity contribution is 6.17. The Morgan fingerprint density at radius 3 is 1.43 bits per heavy atom. The molecule has 8 nitrogen and oxygen atoms in total. The van der Waals surface area contributed by atoms with Crippen LogP contribution in [0.2, 0.25) is 0 Å². The van der Waals surface area contributed by atoms with Crippen molar-refractivity contribution in [1.82, 2.24) is 0 Å². The molecule has 0 aliphatic carbocycles. The lowest BCUT2D eigenvalue weighted by Gasteiger charge is -2.27. The second-order valence-electron chi connectivity index (χ2n) is 4.58. The lowest BCUT2D eigenvalue weighted by Crippen LogP contribution is -2.36. The number of hydrogen-bond acceptors (Lipinski definition) is 4. The molecule has 2 atom stereocenters. The average molecular weight is 325 g/mol. The number of alkyl halides is 1. The largest absolute Gasteiger partial charge is 0.481 e. The molecule has 0 saturated carbocycles. The third-order valence-corrected chi connectivity index (χ3v) is 3.40. The lowest BCUT2D eigenvalue weighted by molar-refractivity contribution is -0.157. The van der Waals surface area contributed by atoms with Crippen LogP contribution in [-0.2, 0) is 19.2 Å². The van der Waals surface area contributed by atoms with Crippen LogP contribution >= 0.6 is 11.6 Å². The number of hydrogen-bond donors (Lipinski definition) is 4. The first-order valence-electron chi connectivity index (χ1n) is 6.15. The molecule has 0 spiro atoms. The van der Waals surface area contributed by atoms with Crippen molar-refractivity contribution in [1.29, 1.82) is 0 Å². The third kappa shape index (κ3) is 6.94. The Bertz CT molecular complexity index is 374. The van der Waals surface area contributed by atoms with Gasteiger partial charge in [-0.05, 0) is 18.8 Å². The summed E-state index contributed by atoms with van der Waals surface area (Å²) in [6.07, 6.45) is -1.26. The van der Waals surface area contributed by atoms with E-state index in [1.54, 1.807) is 0 Å². The van der Waals surface area contributed by atoms with Crippen LogP contribution in [0.4, 0.5) is 0 Å². The highest BCUT2D eigenvalue weighted by atomic mass is 35.5. The first kappa shape index (κ1) is 19.2. The Balaban J connectivity index is 5.44. The summed E-state index contributed by atoms with van der Waals surface area (Å²) in [6, 6.07) is 0. The minimum absolute atomic E-state index is 0.0258. The van der Waals surface area contributed by atoms with Crippen molar-refractivity contribution < 1.29 is 39.6 Å². The van der Waals surface area contributed by atoms with Crippen molar-refractivity contribution in [3.8, 4) is 0 Å². The molecular formula is C12H17ClO8. The molecule has 0 aliphatic rings. The summed E-state index contributed by atoms with van der Waals surface area (Å²) in [4.78, 5) is 43.9. The fourth-order valence-electron chi connectivity index (χ4n) is 2.22. The summed E-state index contributed by atoms with van der Waals surface area (Å²) in [5.41, 5.74) is 0. The summed E-state index contributed by atoms with van der Waals surface area (Å²) in [6.45, 7) is 0. The summed E-state index contributed by atoms with van der Waals surface area (Å²) in [5.74, 6) is -9.66. The van der Waals surface area contributed by atoms with E-state index >= 15 is 0 Å². The van der Waals surface area contributed by atoms with Gasteiger partial charge in [0, 0.05) is 5.88 Å². The highest BCUT2D eigenvalue weighted by Crippen LogP contribution is 2.32. The Morgan fingerprint density at radius 1 is 0.810 bits per heavy atom. The minimum Gasteiger partial charge on any atom is -0.481 e. The molecule has 9 heteroatoms. The zero-order chi connectivity index (χ0) is 16.6. The Kier molecular flexibility index (Phi) is 8.37.